The SMILES string of the molecule is CC(C)(C)c1ccc(N(c2ccc(C(C)(C)C)cc2)c2cc3cccc4cc(N(c5ccc(C(C)(C)C)cc5)c5ccc(C(C)(C)C)cc5)c5cccc2c5c34)cc1. The second-order valence-electron chi connectivity index (χ2n) is 20.5. The van der Waals surface area contributed by atoms with Crippen LogP contribution >= 0.6 is 0 Å². The zero-order valence-electron chi connectivity index (χ0n) is 36.8. The molecule has 0 aliphatic carbocycles. The topological polar surface area (TPSA) is 6.48 Å². The Bertz CT molecular complexity index is 2410. The fourth-order valence-electron chi connectivity index (χ4n) is 8.48. The van der Waals surface area contributed by atoms with Crippen molar-refractivity contribution in [1.29, 1.82) is 0 Å². The summed E-state index contributed by atoms with van der Waals surface area (Å²) >= 11 is 0. The van der Waals surface area contributed by atoms with E-state index >= 15 is 0 Å². The first-order valence-electron chi connectivity index (χ1n) is 21.0. The molecular weight excluding hydrogens is 701 g/mol. The van der Waals surface area contributed by atoms with Crippen LogP contribution in [0.2, 0.25) is 0 Å². The first-order chi connectivity index (χ1) is 27.3. The van der Waals surface area contributed by atoms with E-state index in [-0.39, 0.29) is 21.7 Å². The summed E-state index contributed by atoms with van der Waals surface area (Å²) in [5.41, 5.74) is 12.5. The van der Waals surface area contributed by atoms with Crippen LogP contribution in [0.3, 0.4) is 0 Å². The van der Waals surface area contributed by atoms with Crippen LogP contribution in [0.5, 0.6) is 0 Å². The summed E-state index contributed by atoms with van der Waals surface area (Å²) in [5.74, 6) is 0. The van der Waals surface area contributed by atoms with Gasteiger partial charge in [-0.05, 0) is 121 Å². The number of hydrogen-bond donors (Lipinski definition) is 0. The van der Waals surface area contributed by atoms with Crippen LogP contribution < -0.4 is 9.80 Å². The zero-order valence-corrected chi connectivity index (χ0v) is 36.8. The molecule has 0 amide bonds. The maximum atomic E-state index is 2.47. The second kappa shape index (κ2) is 14.0. The second-order valence-corrected chi connectivity index (χ2v) is 20.5. The first kappa shape index (κ1) is 39.2. The van der Waals surface area contributed by atoms with Gasteiger partial charge in [0.15, 0.2) is 0 Å². The molecule has 58 heavy (non-hydrogen) atoms. The predicted molar refractivity (Wildman–Crippen MR) is 254 cm³/mol. The summed E-state index contributed by atoms with van der Waals surface area (Å²) in [6.45, 7) is 27.4. The molecule has 8 aromatic rings. The summed E-state index contributed by atoms with van der Waals surface area (Å²) in [5, 5.41) is 7.52. The van der Waals surface area contributed by atoms with E-state index in [1.165, 1.54) is 65.9 Å². The summed E-state index contributed by atoms with van der Waals surface area (Å²) < 4.78 is 0. The molecule has 0 spiro atoms. The number of benzene rings is 8. The Morgan fingerprint density at radius 3 is 0.810 bits per heavy atom. The van der Waals surface area contributed by atoms with Crippen molar-refractivity contribution in [2.45, 2.75) is 105 Å². The summed E-state index contributed by atoms with van der Waals surface area (Å²) in [7, 11) is 0. The highest BCUT2D eigenvalue weighted by Gasteiger charge is 2.25. The molecule has 0 aliphatic rings. The lowest BCUT2D eigenvalue weighted by Crippen LogP contribution is -2.15. The Kier molecular flexibility index (Phi) is 9.50. The Balaban J connectivity index is 1.41. The molecule has 8 rings (SSSR count). The molecule has 0 aromatic heterocycles. The van der Waals surface area contributed by atoms with Gasteiger partial charge in [-0.25, -0.2) is 0 Å². The van der Waals surface area contributed by atoms with E-state index < -0.39 is 0 Å². The molecule has 2 nitrogen and oxygen atoms in total. The van der Waals surface area contributed by atoms with E-state index in [4.69, 9.17) is 0 Å². The van der Waals surface area contributed by atoms with Crippen molar-refractivity contribution in [3.8, 4) is 0 Å². The average Bonchev–Trinajstić information content (AvgIpc) is 3.17. The van der Waals surface area contributed by atoms with E-state index in [0.29, 0.717) is 0 Å². The summed E-state index contributed by atoms with van der Waals surface area (Å²) in [6, 6.07) is 55.3. The van der Waals surface area contributed by atoms with E-state index in [1.54, 1.807) is 0 Å². The molecule has 0 saturated carbocycles. The molecule has 0 heterocycles. The molecule has 0 unspecified atom stereocenters. The van der Waals surface area contributed by atoms with Crippen LogP contribution in [0, 0.1) is 0 Å². The molecule has 2 heteroatoms. The van der Waals surface area contributed by atoms with Crippen LogP contribution in [0.1, 0.15) is 105 Å². The van der Waals surface area contributed by atoms with Gasteiger partial charge in [0.1, 0.15) is 0 Å². The lowest BCUT2D eigenvalue weighted by molar-refractivity contribution is 0.590. The van der Waals surface area contributed by atoms with E-state index in [1.807, 2.05) is 0 Å². The Morgan fingerprint density at radius 2 is 0.552 bits per heavy atom. The van der Waals surface area contributed by atoms with Crippen molar-refractivity contribution in [3.63, 3.8) is 0 Å². The smallest absolute Gasteiger partial charge is 0.0546 e. The number of hydrogen-bond acceptors (Lipinski definition) is 2. The molecule has 0 bridgehead atoms. The van der Waals surface area contributed by atoms with Crippen molar-refractivity contribution in [2.24, 2.45) is 0 Å². The molecule has 8 aromatic carbocycles. The highest BCUT2D eigenvalue weighted by molar-refractivity contribution is 6.29. The third-order valence-electron chi connectivity index (χ3n) is 12.0. The molecule has 0 radical (unpaired) electrons. The largest absolute Gasteiger partial charge is 0.310 e. The van der Waals surface area contributed by atoms with E-state index in [0.717, 1.165) is 22.7 Å². The molecule has 0 aliphatic heterocycles. The molecule has 294 valence electrons. The predicted octanol–water partition coefficient (Wildman–Crippen LogP) is 16.7. The third kappa shape index (κ3) is 7.23. The van der Waals surface area contributed by atoms with E-state index in [2.05, 4.69) is 238 Å². The van der Waals surface area contributed by atoms with Crippen LogP contribution in [0.25, 0.3) is 32.3 Å². The van der Waals surface area contributed by atoms with Crippen molar-refractivity contribution >= 4 is 66.4 Å². The number of anilines is 6. The van der Waals surface area contributed by atoms with Crippen LogP contribution in [-0.2, 0) is 21.7 Å². The van der Waals surface area contributed by atoms with Crippen LogP contribution in [0.15, 0.2) is 146 Å². The monoisotopic (exact) mass is 760 g/mol. The Labute approximate surface area is 347 Å². The Hall–Kier alpha value is -5.60. The van der Waals surface area contributed by atoms with Gasteiger partial charge in [-0.1, -0.05) is 168 Å². The first-order valence-corrected chi connectivity index (χ1v) is 21.0. The van der Waals surface area contributed by atoms with Crippen molar-refractivity contribution in [3.05, 3.63) is 168 Å². The maximum Gasteiger partial charge on any atom is 0.0546 e. The van der Waals surface area contributed by atoms with Gasteiger partial charge < -0.3 is 9.80 Å². The van der Waals surface area contributed by atoms with E-state index in [9.17, 15) is 0 Å². The number of rotatable bonds is 6. The summed E-state index contributed by atoms with van der Waals surface area (Å²) in [6.07, 6.45) is 0. The van der Waals surface area contributed by atoms with Crippen LogP contribution in [0.4, 0.5) is 34.1 Å². The minimum atomic E-state index is 0.0599. The summed E-state index contributed by atoms with van der Waals surface area (Å²) in [4.78, 5) is 4.94. The van der Waals surface area contributed by atoms with Gasteiger partial charge in [0, 0.05) is 38.9 Å². The van der Waals surface area contributed by atoms with Crippen molar-refractivity contribution in [1.82, 2.24) is 0 Å². The average molecular weight is 761 g/mol. The fraction of sp³-hybridized carbons (Fsp3) is 0.286. The van der Waals surface area contributed by atoms with Gasteiger partial charge in [0.2, 0.25) is 0 Å². The molecule has 0 fully saturated rings. The quantitative estimate of drug-likeness (QED) is 0.156. The highest BCUT2D eigenvalue weighted by Crippen LogP contribution is 2.50. The highest BCUT2D eigenvalue weighted by atomic mass is 15.2. The normalized spacial score (nSPS) is 12.8. The van der Waals surface area contributed by atoms with Gasteiger partial charge >= 0.3 is 0 Å². The molecule has 0 atom stereocenters. The minimum Gasteiger partial charge on any atom is -0.310 e. The lowest BCUT2D eigenvalue weighted by atomic mass is 9.86. The van der Waals surface area contributed by atoms with Gasteiger partial charge in [0.05, 0.1) is 11.4 Å². The zero-order chi connectivity index (χ0) is 41.4. The fourth-order valence-corrected chi connectivity index (χ4v) is 8.48. The molecule has 0 saturated heterocycles. The van der Waals surface area contributed by atoms with Gasteiger partial charge in [-0.2, -0.15) is 0 Å². The lowest BCUT2D eigenvalue weighted by Gasteiger charge is -2.31. The van der Waals surface area contributed by atoms with Gasteiger partial charge in [-0.3, -0.25) is 0 Å². The molecule has 0 N–H and O–H groups in total. The number of nitrogens with zero attached hydrogens (tertiary/aromatic N) is 2. The van der Waals surface area contributed by atoms with Gasteiger partial charge in [0.25, 0.3) is 0 Å². The maximum absolute atomic E-state index is 2.47. The third-order valence-corrected chi connectivity index (χ3v) is 12.0. The van der Waals surface area contributed by atoms with Gasteiger partial charge in [-0.15, -0.1) is 0 Å². The standard InChI is InChI=1S/C56H60N2/c1-53(2,3)39-19-27-43(28-20-39)57(44-29-21-40(22-30-44)54(4,5)6)49-35-37-15-13-16-38-36-50(48-18-14-17-47(49)52(48)51(37)38)58(45-31-23-41(24-32-45)55(7,8)9)46-33-25-42(26-34-46)56(10,11)12/h13-36H,1-12H3. The Morgan fingerprint density at radius 1 is 0.293 bits per heavy atom. The van der Waals surface area contributed by atoms with Crippen molar-refractivity contribution < 1.29 is 0 Å². The minimum absolute atomic E-state index is 0.0599. The van der Waals surface area contributed by atoms with Crippen LogP contribution in [-0.4, -0.2) is 0 Å². The molecular formula is C56H60N2. The van der Waals surface area contributed by atoms with Crippen molar-refractivity contribution in [2.75, 3.05) is 9.80 Å².